The lowest BCUT2D eigenvalue weighted by molar-refractivity contribution is 0.259. The van der Waals surface area contributed by atoms with Gasteiger partial charge in [-0.25, -0.2) is 37.6 Å². The predicted octanol–water partition coefficient (Wildman–Crippen LogP) is 5.22. The zero-order valence-corrected chi connectivity index (χ0v) is 46.7. The van der Waals surface area contributed by atoms with Gasteiger partial charge >= 0.3 is 12.1 Å². The lowest BCUT2D eigenvalue weighted by atomic mass is 9.86. The van der Waals surface area contributed by atoms with Crippen molar-refractivity contribution in [2.45, 2.75) is 137 Å². The predicted molar refractivity (Wildman–Crippen MR) is 299 cm³/mol. The highest BCUT2D eigenvalue weighted by Crippen LogP contribution is 2.51. The number of likely N-dealkylation sites (tertiary alicyclic amines) is 3. The number of hydrogen-bond acceptors (Lipinski definition) is 11. The third-order valence-corrected chi connectivity index (χ3v) is 24.9. The van der Waals surface area contributed by atoms with E-state index < -0.39 is 48.0 Å². The molecule has 10 aliphatic rings. The number of urea groups is 2. The van der Waals surface area contributed by atoms with E-state index in [1.165, 1.54) is 50.2 Å². The number of aryl methyl sites for hydroxylation is 2. The quantitative estimate of drug-likeness (QED) is 0.144. The Bertz CT molecular complexity index is 3360. The van der Waals surface area contributed by atoms with Crippen LogP contribution in [-0.2, 0) is 112 Å². The number of benzene rings is 3. The Kier molecular flexibility index (Phi) is 13.1. The zero-order chi connectivity index (χ0) is 52.6. The van der Waals surface area contributed by atoms with Gasteiger partial charge < -0.3 is 35.4 Å². The number of epoxide rings is 1. The Morgan fingerprint density at radius 1 is 0.513 bits per heavy atom. The number of carbonyl (C=O) groups is 2. The molecule has 3 aromatic rings. The first-order chi connectivity index (χ1) is 36.3. The molecular weight excluding hydrogens is 1020 g/mol. The van der Waals surface area contributed by atoms with Crippen LogP contribution in [0.25, 0.3) is 0 Å². The van der Waals surface area contributed by atoms with Gasteiger partial charge in [0.1, 0.15) is 29.7 Å². The summed E-state index contributed by atoms with van der Waals surface area (Å²) in [4.78, 5) is 34.1. The third-order valence-electron chi connectivity index (χ3n) is 19.5. The van der Waals surface area contributed by atoms with Gasteiger partial charge in [0.2, 0.25) is 6.23 Å². The van der Waals surface area contributed by atoms with Crippen molar-refractivity contribution >= 4 is 58.9 Å². The average Bonchev–Trinajstić information content (AvgIpc) is 4.21. The molecular formula is C55H76N12O6S3. The molecule has 4 heterocycles. The molecule has 6 aliphatic carbocycles. The minimum Gasteiger partial charge on any atom is -0.356 e. The van der Waals surface area contributed by atoms with E-state index in [2.05, 4.69) is 61.9 Å². The summed E-state index contributed by atoms with van der Waals surface area (Å²) in [6.07, 6.45) is 14.1. The number of anilines is 3. The highest BCUT2D eigenvalue weighted by molar-refractivity contribution is 7.92. The molecule has 4 aliphatic heterocycles. The molecule has 4 fully saturated rings. The fourth-order valence-corrected chi connectivity index (χ4v) is 19.7. The van der Waals surface area contributed by atoms with Crippen LogP contribution in [-0.4, -0.2) is 128 Å². The largest absolute Gasteiger partial charge is 0.356 e. The first-order valence-electron chi connectivity index (χ1n) is 28.0. The first kappa shape index (κ1) is 51.4. The van der Waals surface area contributed by atoms with Crippen LogP contribution in [0.2, 0.25) is 0 Å². The Hall–Kier alpha value is -4.03. The van der Waals surface area contributed by atoms with E-state index in [9.17, 15) is 22.2 Å². The summed E-state index contributed by atoms with van der Waals surface area (Å²) in [5.74, 6) is 1.30. The maximum atomic E-state index is 14.2. The van der Waals surface area contributed by atoms with Crippen LogP contribution in [0.15, 0.2) is 31.3 Å². The van der Waals surface area contributed by atoms with E-state index in [-0.39, 0.29) is 27.9 Å². The summed E-state index contributed by atoms with van der Waals surface area (Å²) in [7, 11) is -3.47. The van der Waals surface area contributed by atoms with E-state index in [0.717, 1.165) is 150 Å². The fraction of sp³-hybridized carbons (Fsp3) is 0.636. The van der Waals surface area contributed by atoms with Gasteiger partial charge in [-0.2, -0.15) is 4.36 Å². The molecule has 12 atom stereocenters. The first-order valence-corrected chi connectivity index (χ1v) is 32.9. The number of amides is 4. The van der Waals surface area contributed by atoms with E-state index in [0.29, 0.717) is 50.2 Å². The van der Waals surface area contributed by atoms with E-state index in [4.69, 9.17) is 20.2 Å². The molecule has 0 radical (unpaired) electrons. The maximum absolute atomic E-state index is 14.2. The van der Waals surface area contributed by atoms with Gasteiger partial charge in [0.15, 0.2) is 6.23 Å². The second-order valence-electron chi connectivity index (χ2n) is 24.6. The van der Waals surface area contributed by atoms with Crippen molar-refractivity contribution in [2.24, 2.45) is 52.2 Å². The molecule has 12 unspecified atom stereocenters. The van der Waals surface area contributed by atoms with Crippen molar-refractivity contribution in [2.75, 3.05) is 76.4 Å². The molecule has 0 spiro atoms. The van der Waals surface area contributed by atoms with Gasteiger partial charge in [0.05, 0.1) is 15.7 Å². The number of fused-ring (bicyclic) bond motifs is 6. The lowest BCUT2D eigenvalue weighted by Gasteiger charge is -2.19. The number of nitrogens with one attached hydrogen (secondary N) is 3. The Balaban J connectivity index is 0.759. The summed E-state index contributed by atoms with van der Waals surface area (Å²) < 4.78 is 60.1. The number of rotatable bonds is 10. The molecule has 18 nitrogen and oxygen atoms in total. The SMILES string of the molecule is CN1CCC(S(N)(=O)=NC(=O)Nc2c3c(cc4c2CC(C2Cc5cc6c(c(NC(=O)N=S(N)(=O)C7CCN(C)C7)c5C2)CC(C2Cc5cc7c(c(NC8OC8N=S(N)(=O)C8CCN(C)C8)c5C2)CCC7)C6)C4)CCC3)C1. The van der Waals surface area contributed by atoms with Crippen molar-refractivity contribution in [3.63, 3.8) is 0 Å². The van der Waals surface area contributed by atoms with Gasteiger partial charge in [-0.15, -0.1) is 8.73 Å². The molecule has 0 bridgehead atoms. The number of ether oxygens (including phenoxy) is 1. The van der Waals surface area contributed by atoms with Crippen LogP contribution in [0.4, 0.5) is 26.7 Å². The number of nitrogens with zero attached hydrogens (tertiary/aromatic N) is 6. The topological polar surface area (TPSA) is 259 Å². The second-order valence-corrected chi connectivity index (χ2v) is 30.8. The summed E-state index contributed by atoms with van der Waals surface area (Å²) >= 11 is 0. The van der Waals surface area contributed by atoms with Crippen LogP contribution in [0, 0.1) is 23.7 Å². The molecule has 4 saturated heterocycles. The molecule has 4 amide bonds. The number of hydrogen-bond donors (Lipinski definition) is 6. The van der Waals surface area contributed by atoms with Crippen LogP contribution in [0.1, 0.15) is 98.9 Å². The van der Waals surface area contributed by atoms with Crippen LogP contribution in [0.3, 0.4) is 0 Å². The smallest absolute Gasteiger partial charge is 0.354 e. The number of carbonyl (C=O) groups excluding carboxylic acids is 2. The lowest BCUT2D eigenvalue weighted by Crippen LogP contribution is -2.32. The monoisotopic (exact) mass is 1100 g/mol. The van der Waals surface area contributed by atoms with Gasteiger partial charge in [0.25, 0.3) is 0 Å². The molecule has 76 heavy (non-hydrogen) atoms. The van der Waals surface area contributed by atoms with Crippen LogP contribution in [0.5, 0.6) is 0 Å². The van der Waals surface area contributed by atoms with E-state index in [1.807, 2.05) is 21.1 Å². The summed E-state index contributed by atoms with van der Waals surface area (Å²) in [6.45, 7) is 4.16. The fourth-order valence-electron chi connectivity index (χ4n) is 15.4. The van der Waals surface area contributed by atoms with Gasteiger partial charge in [-0.1, -0.05) is 18.2 Å². The van der Waals surface area contributed by atoms with E-state index in [1.54, 1.807) is 0 Å². The van der Waals surface area contributed by atoms with Crippen molar-refractivity contribution in [3.8, 4) is 0 Å². The van der Waals surface area contributed by atoms with E-state index >= 15 is 0 Å². The molecule has 13 rings (SSSR count). The van der Waals surface area contributed by atoms with Crippen molar-refractivity contribution in [3.05, 3.63) is 85.0 Å². The molecule has 3 aromatic carbocycles. The Morgan fingerprint density at radius 2 is 0.882 bits per heavy atom. The maximum Gasteiger partial charge on any atom is 0.354 e. The minimum atomic E-state index is -3.30. The molecule has 0 aromatic heterocycles. The van der Waals surface area contributed by atoms with Crippen molar-refractivity contribution in [1.82, 2.24) is 14.7 Å². The highest BCUT2D eigenvalue weighted by Gasteiger charge is 2.46. The highest BCUT2D eigenvalue weighted by atomic mass is 32.2. The summed E-state index contributed by atoms with van der Waals surface area (Å²) in [5, 5.41) is 28.3. The average molecular weight is 1100 g/mol. The second kappa shape index (κ2) is 19.4. The third kappa shape index (κ3) is 9.62. The zero-order valence-electron chi connectivity index (χ0n) is 44.3. The molecule has 0 saturated carbocycles. The molecule has 21 heteroatoms. The molecule has 410 valence electrons. The van der Waals surface area contributed by atoms with Gasteiger partial charge in [0, 0.05) is 36.7 Å². The summed E-state index contributed by atoms with van der Waals surface area (Å²) in [6, 6.07) is 5.95. The Morgan fingerprint density at radius 3 is 1.29 bits per heavy atom. The summed E-state index contributed by atoms with van der Waals surface area (Å²) in [5.41, 5.74) is 18.0. The van der Waals surface area contributed by atoms with Crippen LogP contribution >= 0.6 is 0 Å². The minimum absolute atomic E-state index is 0.162. The van der Waals surface area contributed by atoms with Crippen LogP contribution < -0.4 is 31.4 Å². The van der Waals surface area contributed by atoms with Crippen molar-refractivity contribution < 1.29 is 27.0 Å². The van der Waals surface area contributed by atoms with Crippen molar-refractivity contribution in [1.29, 1.82) is 0 Å². The van der Waals surface area contributed by atoms with Gasteiger partial charge in [-0.3, -0.25) is 0 Å². The van der Waals surface area contributed by atoms with Gasteiger partial charge in [-0.05, 0) is 240 Å². The molecule has 9 N–H and O–H groups in total. The number of nitrogens with two attached hydrogens (primary N) is 3. The standard InChI is InChI=1S/C55H76N12O6S3/c1-65-13-10-40(27-65)74(56,70)62-53-52(73-53)59-49-43-8-4-6-30(43)16-36-18-32(23-45(36)49)34-20-38-22-39-21-35(26-48(39)51(47(38)25-34)61-55(69)64-76(58,72)42-12-15-67(3)29-42)33-19-37-17-31-7-5-9-44(31)50(46(37)24-33)60-54(68)63-75(57,71)41-11-14-66(2)28-41/h16-17,22,32-35,40-42,52-53,59H,4-15,18-21,23-29H2,1-3H3,(H2,56,62,70)(H3,57,60,63,68,71)(H3,58,61,64,69,72). The Labute approximate surface area is 449 Å². The normalized spacial score (nSPS) is 31.6.